The van der Waals surface area contributed by atoms with E-state index in [1.165, 1.54) is 18.2 Å². The molecule has 2 N–H and O–H groups in total. The summed E-state index contributed by atoms with van der Waals surface area (Å²) in [5.41, 5.74) is -1.08. The Hall–Kier alpha value is -2.32. The van der Waals surface area contributed by atoms with Gasteiger partial charge < -0.3 is 15.4 Å². The first-order chi connectivity index (χ1) is 12.8. The molecule has 0 unspecified atom stereocenters. The predicted octanol–water partition coefficient (Wildman–Crippen LogP) is 5.03. The summed E-state index contributed by atoms with van der Waals surface area (Å²) >= 11 is 10.7. The molecule has 0 aliphatic carbocycles. The Labute approximate surface area is 164 Å². The maximum Gasteiger partial charge on any atom is 0.418 e. The lowest BCUT2D eigenvalue weighted by Gasteiger charge is -2.15. The largest absolute Gasteiger partial charge is 0.494 e. The molecular formula is C18H16ClF3N2O2S. The van der Waals surface area contributed by atoms with Gasteiger partial charge in [0, 0.05) is 11.4 Å². The minimum Gasteiger partial charge on any atom is -0.494 e. The second kappa shape index (κ2) is 9.57. The van der Waals surface area contributed by atoms with Crippen LogP contribution in [0.2, 0.25) is 5.02 Å². The van der Waals surface area contributed by atoms with E-state index in [9.17, 15) is 18.0 Å². The van der Waals surface area contributed by atoms with Crippen LogP contribution in [0.5, 0.6) is 5.75 Å². The Balaban J connectivity index is 1.76. The molecule has 4 nitrogen and oxygen atoms in total. The van der Waals surface area contributed by atoms with E-state index >= 15 is 0 Å². The normalized spacial score (nSPS) is 11.0. The summed E-state index contributed by atoms with van der Waals surface area (Å²) < 4.78 is 44.3. The molecule has 0 aliphatic rings. The van der Waals surface area contributed by atoms with Gasteiger partial charge in [0.25, 0.3) is 0 Å². The highest BCUT2D eigenvalue weighted by Crippen LogP contribution is 2.34. The van der Waals surface area contributed by atoms with Crippen LogP contribution in [0.25, 0.3) is 0 Å². The van der Waals surface area contributed by atoms with Crippen molar-refractivity contribution in [2.24, 2.45) is 0 Å². The number of carbonyl (C=O) groups is 1. The van der Waals surface area contributed by atoms with Crippen molar-refractivity contribution in [3.63, 3.8) is 0 Å². The minimum atomic E-state index is -4.53. The number of para-hydroxylation sites is 1. The first-order valence-corrected chi connectivity index (χ1v) is 8.70. The Kier molecular flexibility index (Phi) is 7.44. The maximum absolute atomic E-state index is 12.9. The molecule has 0 spiro atoms. The molecule has 2 aromatic carbocycles. The Morgan fingerprint density at radius 1 is 1.11 bits per heavy atom. The highest BCUT2D eigenvalue weighted by Gasteiger charge is 2.33. The molecule has 0 bridgehead atoms. The monoisotopic (exact) mass is 416 g/mol. The lowest BCUT2D eigenvalue weighted by atomic mass is 10.1. The van der Waals surface area contributed by atoms with Gasteiger partial charge in [-0.05, 0) is 55.0 Å². The van der Waals surface area contributed by atoms with Gasteiger partial charge in [0.1, 0.15) is 5.75 Å². The molecule has 9 heteroatoms. The third-order valence-electron chi connectivity index (χ3n) is 3.36. The van der Waals surface area contributed by atoms with E-state index in [1.54, 1.807) is 24.3 Å². The zero-order chi connectivity index (χ0) is 19.9. The van der Waals surface area contributed by atoms with E-state index in [0.29, 0.717) is 23.8 Å². The van der Waals surface area contributed by atoms with Crippen LogP contribution in [0.1, 0.15) is 18.4 Å². The lowest BCUT2D eigenvalue weighted by Crippen LogP contribution is -2.34. The van der Waals surface area contributed by atoms with Crippen LogP contribution in [0.15, 0.2) is 48.5 Å². The molecule has 27 heavy (non-hydrogen) atoms. The lowest BCUT2D eigenvalue weighted by molar-refractivity contribution is -0.136. The molecule has 0 radical (unpaired) electrons. The van der Waals surface area contributed by atoms with Crippen molar-refractivity contribution < 1.29 is 22.7 Å². The number of ether oxygens (including phenoxy) is 1. The van der Waals surface area contributed by atoms with Crippen molar-refractivity contribution in [1.29, 1.82) is 0 Å². The van der Waals surface area contributed by atoms with Crippen LogP contribution < -0.4 is 15.4 Å². The number of carbonyl (C=O) groups excluding carboxylic acids is 1. The Morgan fingerprint density at radius 3 is 2.44 bits per heavy atom. The number of amides is 1. The smallest absolute Gasteiger partial charge is 0.418 e. The van der Waals surface area contributed by atoms with E-state index in [2.05, 4.69) is 10.6 Å². The summed E-state index contributed by atoms with van der Waals surface area (Å²) in [6, 6.07) is 11.7. The van der Waals surface area contributed by atoms with Gasteiger partial charge in [0.2, 0.25) is 5.91 Å². The zero-order valence-electron chi connectivity index (χ0n) is 14.0. The number of thiocarbonyl (C=S) groups is 1. The zero-order valence-corrected chi connectivity index (χ0v) is 15.5. The van der Waals surface area contributed by atoms with Crippen LogP contribution >= 0.6 is 23.8 Å². The van der Waals surface area contributed by atoms with E-state index < -0.39 is 17.6 Å². The minimum absolute atomic E-state index is 0.107. The van der Waals surface area contributed by atoms with Crippen molar-refractivity contribution in [2.45, 2.75) is 19.0 Å². The van der Waals surface area contributed by atoms with Crippen LogP contribution in [0.4, 0.5) is 18.9 Å². The van der Waals surface area contributed by atoms with Crippen molar-refractivity contribution in [3.8, 4) is 5.75 Å². The molecular weight excluding hydrogens is 401 g/mol. The van der Waals surface area contributed by atoms with Crippen LogP contribution in [-0.4, -0.2) is 17.6 Å². The summed E-state index contributed by atoms with van der Waals surface area (Å²) in [4.78, 5) is 11.8. The van der Waals surface area contributed by atoms with Crippen molar-refractivity contribution in [2.75, 3.05) is 11.9 Å². The number of alkyl halides is 3. The van der Waals surface area contributed by atoms with Gasteiger partial charge in [-0.1, -0.05) is 23.7 Å². The average molecular weight is 417 g/mol. The number of anilines is 1. The van der Waals surface area contributed by atoms with Gasteiger partial charge in [0.05, 0.1) is 17.9 Å². The van der Waals surface area contributed by atoms with Crippen LogP contribution in [0, 0.1) is 0 Å². The quantitative estimate of drug-likeness (QED) is 0.512. The first kappa shape index (κ1) is 21.0. The fourth-order valence-corrected chi connectivity index (χ4v) is 2.49. The third kappa shape index (κ3) is 7.07. The van der Waals surface area contributed by atoms with Crippen molar-refractivity contribution in [3.05, 3.63) is 59.1 Å². The second-order valence-electron chi connectivity index (χ2n) is 5.45. The molecule has 0 aliphatic heterocycles. The highest BCUT2D eigenvalue weighted by molar-refractivity contribution is 7.80. The molecule has 0 heterocycles. The van der Waals surface area contributed by atoms with Gasteiger partial charge in [-0.3, -0.25) is 4.79 Å². The van der Waals surface area contributed by atoms with Crippen molar-refractivity contribution in [1.82, 2.24) is 5.32 Å². The van der Waals surface area contributed by atoms with Gasteiger partial charge in [-0.2, -0.15) is 13.2 Å². The first-order valence-electron chi connectivity index (χ1n) is 7.91. The van der Waals surface area contributed by atoms with Gasteiger partial charge in [-0.15, -0.1) is 0 Å². The number of hydrogen-bond donors (Lipinski definition) is 2. The van der Waals surface area contributed by atoms with Gasteiger partial charge in [-0.25, -0.2) is 0 Å². The molecule has 0 fully saturated rings. The Morgan fingerprint density at radius 2 is 1.78 bits per heavy atom. The van der Waals surface area contributed by atoms with Crippen LogP contribution in [-0.2, 0) is 11.0 Å². The fraction of sp³-hybridized carbons (Fsp3) is 0.222. The molecule has 1 amide bonds. The van der Waals surface area contributed by atoms with E-state index in [-0.39, 0.29) is 17.2 Å². The summed E-state index contributed by atoms with van der Waals surface area (Å²) in [5, 5.41) is 5.15. The molecule has 0 atom stereocenters. The summed E-state index contributed by atoms with van der Waals surface area (Å²) in [5.74, 6) is 0.206. The van der Waals surface area contributed by atoms with Crippen LogP contribution in [0.3, 0.4) is 0 Å². The molecule has 2 rings (SSSR count). The fourth-order valence-electron chi connectivity index (χ4n) is 2.14. The SMILES string of the molecule is O=C(CCCOc1ccc(Cl)cc1)NC(=S)Nc1ccccc1C(F)(F)F. The topological polar surface area (TPSA) is 50.4 Å². The van der Waals surface area contributed by atoms with E-state index in [4.69, 9.17) is 28.6 Å². The second-order valence-corrected chi connectivity index (χ2v) is 6.30. The molecule has 2 aromatic rings. The maximum atomic E-state index is 12.9. The molecule has 0 saturated carbocycles. The molecule has 0 saturated heterocycles. The number of halogens is 4. The Bertz CT molecular complexity index is 798. The molecule has 0 aromatic heterocycles. The summed E-state index contributed by atoms with van der Waals surface area (Å²) in [6.07, 6.45) is -4.01. The van der Waals surface area contributed by atoms with E-state index in [1.807, 2.05) is 0 Å². The van der Waals surface area contributed by atoms with E-state index in [0.717, 1.165) is 6.07 Å². The third-order valence-corrected chi connectivity index (χ3v) is 3.82. The number of benzene rings is 2. The van der Waals surface area contributed by atoms with Gasteiger partial charge in [0.15, 0.2) is 5.11 Å². The summed E-state index contributed by atoms with van der Waals surface area (Å²) in [7, 11) is 0. The van der Waals surface area contributed by atoms with Crippen molar-refractivity contribution >= 4 is 40.5 Å². The average Bonchev–Trinajstić information content (AvgIpc) is 2.59. The number of rotatable bonds is 6. The number of nitrogens with one attached hydrogen (secondary N) is 2. The highest BCUT2D eigenvalue weighted by atomic mass is 35.5. The number of hydrogen-bond acceptors (Lipinski definition) is 3. The summed E-state index contributed by atoms with van der Waals surface area (Å²) in [6.45, 7) is 0.298. The molecule has 144 valence electrons. The standard InChI is InChI=1S/C18H16ClF3N2O2S/c19-12-7-9-13(10-8-12)26-11-3-6-16(25)24-17(27)23-15-5-2-1-4-14(15)18(20,21)22/h1-2,4-5,7-10H,3,6,11H2,(H2,23,24,25,27). The van der Waals surface area contributed by atoms with Gasteiger partial charge >= 0.3 is 6.18 Å². The predicted molar refractivity (Wildman–Crippen MR) is 102 cm³/mol.